The molecule has 0 aliphatic carbocycles. The molecule has 0 saturated carbocycles. The molecule has 2 fully saturated rings. The van der Waals surface area contributed by atoms with Crippen molar-refractivity contribution in [3.05, 3.63) is 0 Å². The summed E-state index contributed by atoms with van der Waals surface area (Å²) in [6.07, 6.45) is 2.05. The van der Waals surface area contributed by atoms with E-state index in [1.54, 1.807) is 0 Å². The average Bonchev–Trinajstić information content (AvgIpc) is 2.95. The molecule has 0 bridgehead atoms. The van der Waals surface area contributed by atoms with E-state index in [0.29, 0.717) is 25.9 Å². The van der Waals surface area contributed by atoms with Gasteiger partial charge in [-0.3, -0.25) is 4.79 Å². The second kappa shape index (κ2) is 5.86. The highest BCUT2D eigenvalue weighted by atomic mass is 16.2. The fourth-order valence-electron chi connectivity index (χ4n) is 2.49. The number of nitrogens with one attached hydrogen (secondary N) is 3. The summed E-state index contributed by atoms with van der Waals surface area (Å²) in [7, 11) is 11.0. The van der Waals surface area contributed by atoms with Crippen LogP contribution in [0.2, 0.25) is 0 Å². The van der Waals surface area contributed by atoms with Gasteiger partial charge in [0, 0.05) is 25.2 Å². The third-order valence-corrected chi connectivity index (χ3v) is 3.57. The minimum absolute atomic E-state index is 0.0577. The van der Waals surface area contributed by atoms with Crippen molar-refractivity contribution >= 4 is 28.2 Å². The van der Waals surface area contributed by atoms with Crippen LogP contribution >= 0.6 is 0 Å². The second-order valence-corrected chi connectivity index (χ2v) is 4.90. The zero-order valence-corrected chi connectivity index (χ0v) is 10.1. The molecule has 0 aromatic rings. The first-order valence-electron chi connectivity index (χ1n) is 6.10. The minimum Gasteiger partial charge on any atom is -0.363 e. The van der Waals surface area contributed by atoms with E-state index >= 15 is 0 Å². The van der Waals surface area contributed by atoms with Gasteiger partial charge < -0.3 is 25.5 Å². The molecule has 4 unspecified atom stereocenters. The summed E-state index contributed by atoms with van der Waals surface area (Å²) in [6.45, 7) is 1.18. The van der Waals surface area contributed by atoms with Crippen molar-refractivity contribution in [1.29, 1.82) is 0 Å². The molecule has 8 heteroatoms. The quantitative estimate of drug-likeness (QED) is 0.370. The number of amides is 1. The number of nitrogens with zero attached hydrogens (tertiary/aromatic N) is 1. The van der Waals surface area contributed by atoms with Crippen LogP contribution in [0.5, 0.6) is 0 Å². The van der Waals surface area contributed by atoms with Crippen LogP contribution < -0.4 is 15.9 Å². The number of carbonyl (C=O) groups is 2. The second-order valence-electron chi connectivity index (χ2n) is 4.90. The third kappa shape index (κ3) is 2.93. The van der Waals surface area contributed by atoms with Gasteiger partial charge in [-0.1, -0.05) is 0 Å². The first-order valence-corrected chi connectivity index (χ1v) is 6.10. The molecule has 4 radical (unpaired) electrons. The Morgan fingerprint density at radius 3 is 2.72 bits per heavy atom. The fourth-order valence-corrected chi connectivity index (χ4v) is 2.49. The number of hydrogen-bond donors (Lipinski definition) is 3. The van der Waals surface area contributed by atoms with Crippen LogP contribution in [0.3, 0.4) is 0 Å². The Hall–Kier alpha value is -0.850. The van der Waals surface area contributed by atoms with Crippen LogP contribution in [0.4, 0.5) is 0 Å². The maximum absolute atomic E-state index is 12.0. The summed E-state index contributed by atoms with van der Waals surface area (Å²) >= 11 is 0. The van der Waals surface area contributed by atoms with Gasteiger partial charge in [0.25, 0.3) is 0 Å². The van der Waals surface area contributed by atoms with Crippen LogP contribution in [-0.4, -0.2) is 70.2 Å². The van der Waals surface area contributed by atoms with Crippen LogP contribution in [0.1, 0.15) is 12.8 Å². The lowest BCUT2D eigenvalue weighted by molar-refractivity contribution is -0.123. The fraction of sp³-hybridized carbons (Fsp3) is 0.800. The molecule has 2 rings (SSSR count). The maximum atomic E-state index is 12.0. The Balaban J connectivity index is 1.80. The molecule has 0 aromatic carbocycles. The summed E-state index contributed by atoms with van der Waals surface area (Å²) < 4.78 is 0. The van der Waals surface area contributed by atoms with Crippen LogP contribution in [0, 0.1) is 0 Å². The Labute approximate surface area is 109 Å². The maximum Gasteiger partial charge on any atom is 0.237 e. The van der Waals surface area contributed by atoms with Crippen LogP contribution in [0.25, 0.3) is 0 Å². The molecule has 2 aliphatic heterocycles. The van der Waals surface area contributed by atoms with E-state index in [9.17, 15) is 9.59 Å². The highest BCUT2D eigenvalue weighted by Gasteiger charge is 2.33. The van der Waals surface area contributed by atoms with Crippen LogP contribution in [0.15, 0.2) is 0 Å². The van der Waals surface area contributed by atoms with Crippen molar-refractivity contribution in [3.63, 3.8) is 0 Å². The smallest absolute Gasteiger partial charge is 0.237 e. The molecule has 0 spiro atoms. The minimum atomic E-state index is -0.301. The van der Waals surface area contributed by atoms with Gasteiger partial charge in [0.15, 0.2) is 16.0 Å². The molecule has 1 amide bonds. The van der Waals surface area contributed by atoms with Crippen molar-refractivity contribution in [3.8, 4) is 0 Å². The van der Waals surface area contributed by atoms with Crippen molar-refractivity contribution in [2.75, 3.05) is 13.1 Å². The van der Waals surface area contributed by atoms with Gasteiger partial charge in [-0.15, -0.1) is 0 Å². The molecule has 2 aliphatic rings. The molecular weight excluding hydrogens is 230 g/mol. The third-order valence-electron chi connectivity index (χ3n) is 3.57. The van der Waals surface area contributed by atoms with Gasteiger partial charge in [-0.2, -0.15) is 0 Å². The van der Waals surface area contributed by atoms with E-state index in [0.717, 1.165) is 6.29 Å². The summed E-state index contributed by atoms with van der Waals surface area (Å²) in [4.78, 5) is 24.2. The molecular formula is C10H16B2N4O2. The number of carbonyl (C=O) groups excluding carboxylic acids is 2. The monoisotopic (exact) mass is 246 g/mol. The Morgan fingerprint density at radius 1 is 1.39 bits per heavy atom. The van der Waals surface area contributed by atoms with E-state index in [1.807, 2.05) is 0 Å². The first kappa shape index (κ1) is 13.6. The van der Waals surface area contributed by atoms with Crippen LogP contribution in [-0.2, 0) is 9.59 Å². The lowest BCUT2D eigenvalue weighted by Gasteiger charge is -2.16. The number of aldehydes is 1. The topological polar surface area (TPSA) is 73.5 Å². The molecule has 18 heavy (non-hydrogen) atoms. The molecule has 94 valence electrons. The van der Waals surface area contributed by atoms with E-state index in [1.165, 1.54) is 4.81 Å². The number of hydrogen-bond acceptors (Lipinski definition) is 5. The highest BCUT2D eigenvalue weighted by Crippen LogP contribution is 2.14. The van der Waals surface area contributed by atoms with Crippen molar-refractivity contribution in [2.45, 2.75) is 37.0 Å². The molecule has 2 heterocycles. The summed E-state index contributed by atoms with van der Waals surface area (Å²) in [5.41, 5.74) is 0. The van der Waals surface area contributed by atoms with Crippen molar-refractivity contribution in [1.82, 2.24) is 20.7 Å². The molecule has 3 N–H and O–H groups in total. The van der Waals surface area contributed by atoms with Gasteiger partial charge in [-0.05, 0) is 12.8 Å². The summed E-state index contributed by atoms with van der Waals surface area (Å²) in [5, 5.41) is 8.66. The van der Waals surface area contributed by atoms with Gasteiger partial charge >= 0.3 is 0 Å². The molecule has 6 nitrogen and oxygen atoms in total. The Morgan fingerprint density at radius 2 is 2.17 bits per heavy atom. The zero-order chi connectivity index (χ0) is 13.1. The largest absolute Gasteiger partial charge is 0.363 e. The Kier molecular flexibility index (Phi) is 4.42. The predicted octanol–water partition coefficient (Wildman–Crippen LogP) is -2.77. The summed E-state index contributed by atoms with van der Waals surface area (Å²) in [5.74, 6) is -0.0577. The van der Waals surface area contributed by atoms with E-state index < -0.39 is 0 Å². The predicted molar refractivity (Wildman–Crippen MR) is 67.9 cm³/mol. The number of rotatable bonds is 4. The summed E-state index contributed by atoms with van der Waals surface area (Å²) in [6, 6.07) is -0.472. The standard InChI is InChI=1S/C10H16B2N4O2/c11-15-6-2-9(13-3-6)10(18)14-7-1-8(5-17)16(12)4-7/h5-9,13,15H,1-4H2,(H,14,18). The van der Waals surface area contributed by atoms with E-state index in [2.05, 4.69) is 15.9 Å². The molecule has 4 atom stereocenters. The van der Waals surface area contributed by atoms with Gasteiger partial charge in [0.05, 0.1) is 12.1 Å². The lowest BCUT2D eigenvalue weighted by Crippen LogP contribution is -2.46. The van der Waals surface area contributed by atoms with Gasteiger partial charge in [0.1, 0.15) is 6.29 Å². The molecule has 2 saturated heterocycles. The van der Waals surface area contributed by atoms with Gasteiger partial charge in [-0.25, -0.2) is 0 Å². The van der Waals surface area contributed by atoms with Gasteiger partial charge in [0.2, 0.25) is 5.91 Å². The van der Waals surface area contributed by atoms with E-state index in [-0.39, 0.29) is 30.1 Å². The Bertz CT molecular complexity index is 331. The van der Waals surface area contributed by atoms with Crippen molar-refractivity contribution < 1.29 is 9.59 Å². The normalized spacial score (nSPS) is 36.7. The first-order chi connectivity index (χ1) is 8.63. The van der Waals surface area contributed by atoms with Crippen molar-refractivity contribution in [2.24, 2.45) is 0 Å². The van der Waals surface area contributed by atoms with E-state index in [4.69, 9.17) is 16.0 Å². The zero-order valence-electron chi connectivity index (χ0n) is 10.1. The molecule has 0 aromatic heterocycles. The SMILES string of the molecule is [B]NC1CNC(C(=O)NC2CC(C=O)N([B])C2)C1. The average molecular weight is 246 g/mol. The highest BCUT2D eigenvalue weighted by molar-refractivity contribution is 6.06. The lowest BCUT2D eigenvalue weighted by atomic mass is 10.1.